The van der Waals surface area contributed by atoms with Crippen molar-refractivity contribution in [1.82, 2.24) is 14.0 Å². The number of fused-ring (bicyclic) bond motifs is 1. The Labute approximate surface area is 320 Å². The Morgan fingerprint density at radius 1 is 0.782 bits per heavy atom. The maximum absolute atomic E-state index is 14.3. The lowest BCUT2D eigenvalue weighted by molar-refractivity contribution is -0.140. The van der Waals surface area contributed by atoms with Crippen LogP contribution in [0.3, 0.4) is 0 Å². The van der Waals surface area contributed by atoms with Crippen LogP contribution in [0.5, 0.6) is 0 Å². The molecule has 286 valence electrons. The Bertz CT molecular complexity index is 2790. The molecule has 0 bridgehead atoms. The summed E-state index contributed by atoms with van der Waals surface area (Å²) >= 11 is 2.13. The molecule has 0 saturated carbocycles. The van der Waals surface area contributed by atoms with Crippen molar-refractivity contribution in [3.63, 3.8) is 0 Å². The van der Waals surface area contributed by atoms with Crippen LogP contribution in [0.4, 0.5) is 10.5 Å². The number of hydrogen-bond acceptors (Lipinski definition) is 14. The molecule has 0 aliphatic carbocycles. The number of aromatic nitrogens is 2. The number of imide groups is 1. The van der Waals surface area contributed by atoms with Gasteiger partial charge in [0.05, 0.1) is 16.5 Å². The molecule has 2 amide bonds. The zero-order valence-corrected chi connectivity index (χ0v) is 31.1. The minimum Gasteiger partial charge on any atom is -0.480 e. The van der Waals surface area contributed by atoms with Gasteiger partial charge in [-0.2, -0.15) is 8.42 Å². The second-order valence-electron chi connectivity index (χ2n) is 11.6. The van der Waals surface area contributed by atoms with Crippen LogP contribution in [0.1, 0.15) is 12.0 Å². The Kier molecular flexibility index (Phi) is 11.1. The number of carboxylic acid groups (broad SMARTS) is 3. The number of rotatable bonds is 12. The van der Waals surface area contributed by atoms with Gasteiger partial charge in [-0.15, -0.1) is 11.3 Å². The summed E-state index contributed by atoms with van der Waals surface area (Å²) in [6.45, 7) is -2.99. The van der Waals surface area contributed by atoms with Gasteiger partial charge in [-0.25, -0.2) is 0 Å². The van der Waals surface area contributed by atoms with Gasteiger partial charge in [0.1, 0.15) is 33.7 Å². The van der Waals surface area contributed by atoms with E-state index in [0.29, 0.717) is 31.4 Å². The first kappa shape index (κ1) is 39.0. The van der Waals surface area contributed by atoms with Gasteiger partial charge >= 0.3 is 17.9 Å². The largest absolute Gasteiger partial charge is 0.480 e. The van der Waals surface area contributed by atoms with Crippen LogP contribution in [0.15, 0.2) is 84.6 Å². The summed E-state index contributed by atoms with van der Waals surface area (Å²) in [7, 11) is -4.28. The lowest BCUT2D eigenvalue weighted by Gasteiger charge is -2.20. The summed E-state index contributed by atoms with van der Waals surface area (Å²) in [5.41, 5.74) is -2.10. The molecule has 0 atom stereocenters. The lowest BCUT2D eigenvalue weighted by atomic mass is 10.1. The number of amides is 2. The maximum atomic E-state index is 14.3. The van der Waals surface area contributed by atoms with Gasteiger partial charge in [-0.05, 0) is 42.0 Å². The van der Waals surface area contributed by atoms with E-state index in [1.165, 1.54) is 11.8 Å². The summed E-state index contributed by atoms with van der Waals surface area (Å²) in [5.74, 6) is -6.31. The van der Waals surface area contributed by atoms with Crippen molar-refractivity contribution in [2.45, 2.75) is 24.4 Å². The molecule has 1 saturated heterocycles. The van der Waals surface area contributed by atoms with Crippen molar-refractivity contribution in [3.8, 4) is 0 Å². The fraction of sp³-hybridized carbons (Fsp3) is 0.182. The number of anilines is 1. The Morgan fingerprint density at radius 2 is 1.42 bits per heavy atom. The molecule has 22 heteroatoms. The number of allylic oxidation sites excluding steroid dienone is 1. The quantitative estimate of drug-likeness (QED) is 0.145. The molecule has 4 aromatic rings. The van der Waals surface area contributed by atoms with Crippen LogP contribution in [0.2, 0.25) is 0 Å². The molecule has 4 N–H and O–H groups in total. The summed E-state index contributed by atoms with van der Waals surface area (Å²) in [6.07, 6.45) is 1.67. The fourth-order valence-electron chi connectivity index (χ4n) is 5.64. The number of aliphatic carboxylic acids is 3. The Hall–Kier alpha value is -5.68. The van der Waals surface area contributed by atoms with Gasteiger partial charge in [0, 0.05) is 17.0 Å². The molecule has 4 heterocycles. The minimum atomic E-state index is -4.28. The van der Waals surface area contributed by atoms with E-state index in [1.807, 2.05) is 6.07 Å². The Balaban J connectivity index is 1.69. The van der Waals surface area contributed by atoms with Crippen LogP contribution in [0, 0.1) is 10.1 Å². The first-order chi connectivity index (χ1) is 26.0. The van der Waals surface area contributed by atoms with Gasteiger partial charge in [-0.3, -0.25) is 52.1 Å². The predicted octanol–water partition coefficient (Wildman–Crippen LogP) is 0.939. The van der Waals surface area contributed by atoms with Crippen molar-refractivity contribution >= 4 is 90.2 Å². The Morgan fingerprint density at radius 3 is 2.07 bits per heavy atom. The van der Waals surface area contributed by atoms with E-state index in [2.05, 4.69) is 0 Å². The molecule has 55 heavy (non-hydrogen) atoms. The van der Waals surface area contributed by atoms with E-state index < -0.39 is 91.5 Å². The molecule has 0 unspecified atom stereocenters. The van der Waals surface area contributed by atoms with Gasteiger partial charge in [0.15, 0.2) is 0 Å². The number of thioether (sulfide) groups is 2. The third-order valence-corrected chi connectivity index (χ3v) is 12.0. The van der Waals surface area contributed by atoms with E-state index in [0.717, 1.165) is 15.1 Å². The molecule has 2 aromatic heterocycles. The van der Waals surface area contributed by atoms with Crippen LogP contribution in [-0.2, 0) is 42.4 Å². The van der Waals surface area contributed by atoms with Gasteiger partial charge in [-0.1, -0.05) is 54.2 Å². The predicted molar refractivity (Wildman–Crippen MR) is 197 cm³/mol. The standard InChI is InChI=1S/C33H26N4O14S4/c38-22(39)14-35-28(44)25(51-31(35)27-30(46)37(16-24(42)43)33(47)54-27)32-36(15-23(40)41)29(45)26(53-32)18(17-7-2-1-3-8-17)13-21-34(11-6-12-55(48,49)50)19-9-4-5-10-20(19)52-21/h1-5,7-10,13H,6,11-12,14-16H2,(H,38,39)(H,40,41)(H,42,43)(H,48,49,50)/b21-13?,26-18-,31-27+,32-25+. The summed E-state index contributed by atoms with van der Waals surface area (Å²) in [5, 5.41) is 28.1. The molecule has 18 nitrogen and oxygen atoms in total. The number of nitrogens with zero attached hydrogens (tertiary/aromatic N) is 4. The third kappa shape index (κ3) is 8.22. The van der Waals surface area contributed by atoms with E-state index >= 15 is 0 Å². The molecule has 2 aliphatic heterocycles. The number of thiazole rings is 1. The molecule has 2 aromatic carbocycles. The average molecular weight is 831 g/mol. The zero-order valence-electron chi connectivity index (χ0n) is 27.8. The number of benzene rings is 2. The highest BCUT2D eigenvalue weighted by atomic mass is 32.2. The summed E-state index contributed by atoms with van der Waals surface area (Å²) < 4.78 is 38.9. The van der Waals surface area contributed by atoms with E-state index in [9.17, 15) is 61.9 Å². The minimum absolute atomic E-state index is 0.0310. The number of hydrogen-bond donors (Lipinski definition) is 4. The molecular formula is C33H26N4O14S4. The van der Waals surface area contributed by atoms with E-state index in [1.54, 1.807) is 59.5 Å². The number of carboxylic acids is 3. The third-order valence-electron chi connectivity index (χ3n) is 7.90. The highest BCUT2D eigenvalue weighted by Gasteiger charge is 2.39. The van der Waals surface area contributed by atoms with E-state index in [4.69, 9.17) is 4.42 Å². The van der Waals surface area contributed by atoms with Crippen molar-refractivity contribution in [2.75, 3.05) is 23.7 Å². The lowest BCUT2D eigenvalue weighted by Crippen LogP contribution is -2.36. The molecule has 0 spiro atoms. The number of oxazole rings is 1. The first-order valence-corrected chi connectivity index (χ1v) is 19.8. The van der Waals surface area contributed by atoms with Crippen LogP contribution in [-0.4, -0.2) is 90.2 Å². The van der Waals surface area contributed by atoms with Gasteiger partial charge < -0.3 is 24.6 Å². The summed E-state index contributed by atoms with van der Waals surface area (Å²) in [4.78, 5) is 91.4. The summed E-state index contributed by atoms with van der Waals surface area (Å²) in [6, 6.07) is 15.6. The molecule has 6 rings (SSSR count). The van der Waals surface area contributed by atoms with Crippen molar-refractivity contribution in [1.29, 1.82) is 0 Å². The fourth-order valence-corrected chi connectivity index (χ4v) is 9.29. The average Bonchev–Trinajstić information content (AvgIpc) is 3.81. The molecular weight excluding hydrogens is 805 g/mol. The monoisotopic (exact) mass is 830 g/mol. The molecule has 0 radical (unpaired) electrons. The number of carbonyl (C=O) groups excluding carboxylic acids is 2. The second-order valence-corrected chi connectivity index (χ2v) is 16.2. The number of carbonyl (C=O) groups is 5. The van der Waals surface area contributed by atoms with Crippen molar-refractivity contribution in [2.24, 2.45) is 0 Å². The second kappa shape index (κ2) is 15.6. The van der Waals surface area contributed by atoms with Crippen LogP contribution in [0.25, 0.3) is 10.5 Å². The first-order valence-electron chi connectivity index (χ1n) is 15.7. The highest BCUT2D eigenvalue weighted by Crippen LogP contribution is 2.46. The zero-order chi connectivity index (χ0) is 39.8. The van der Waals surface area contributed by atoms with Gasteiger partial charge in [0.25, 0.3) is 32.4 Å². The van der Waals surface area contributed by atoms with Crippen LogP contribution < -0.4 is 26.1 Å². The smallest absolute Gasteiger partial charge is 0.323 e. The van der Waals surface area contributed by atoms with Gasteiger partial charge in [0.2, 0.25) is 11.0 Å². The normalized spacial score (nSPS) is 17.2. The van der Waals surface area contributed by atoms with E-state index in [-0.39, 0.29) is 39.5 Å². The SMILES string of the molecule is O=C(O)CN1C(=O)S/C(=c2/o/c(=c3/s/c(=C(/C=C4Sc5ccccc5N4CCCS(=O)(=O)O)c4ccccc4)c(=O)n3CC(=O)O)c(=O)n2CC(=O)O)C1=O. The topological polar surface area (TPSA) is 264 Å². The highest BCUT2D eigenvalue weighted by molar-refractivity contribution is 8.22. The van der Waals surface area contributed by atoms with Crippen LogP contribution >= 0.6 is 34.9 Å². The number of para-hydroxylation sites is 1. The molecule has 2 aliphatic rings. The maximum Gasteiger partial charge on any atom is 0.323 e. The van der Waals surface area contributed by atoms with Crippen molar-refractivity contribution < 1.29 is 56.7 Å². The molecule has 1 fully saturated rings. The van der Waals surface area contributed by atoms with Crippen molar-refractivity contribution in [3.05, 3.63) is 112 Å².